The predicted molar refractivity (Wildman–Crippen MR) is 63.8 cm³/mol. The standard InChI is InChI=1S/C11H18N4O/c1-8-7-10(12-5-6-16-2)15-11(13-8)14-9-3-4-9/h7,9H,3-6H2,1-2H3,(H2,12,13,14,15). The lowest BCUT2D eigenvalue weighted by Gasteiger charge is -2.08. The molecule has 1 saturated carbocycles. The molecule has 5 heteroatoms. The van der Waals surface area contributed by atoms with Crippen LogP contribution in [0.1, 0.15) is 18.5 Å². The van der Waals surface area contributed by atoms with Gasteiger partial charge in [0.1, 0.15) is 5.82 Å². The summed E-state index contributed by atoms with van der Waals surface area (Å²) in [6, 6.07) is 2.52. The van der Waals surface area contributed by atoms with Crippen molar-refractivity contribution in [3.63, 3.8) is 0 Å². The molecule has 2 N–H and O–H groups in total. The first-order valence-electron chi connectivity index (χ1n) is 5.63. The van der Waals surface area contributed by atoms with Crippen LogP contribution in [0.2, 0.25) is 0 Å². The molecule has 88 valence electrons. The van der Waals surface area contributed by atoms with Gasteiger partial charge in [-0.05, 0) is 19.8 Å². The van der Waals surface area contributed by atoms with E-state index in [4.69, 9.17) is 4.74 Å². The van der Waals surface area contributed by atoms with E-state index in [0.29, 0.717) is 12.6 Å². The van der Waals surface area contributed by atoms with Crippen LogP contribution in [0.3, 0.4) is 0 Å². The van der Waals surface area contributed by atoms with Crippen molar-refractivity contribution >= 4 is 11.8 Å². The molecule has 0 bridgehead atoms. The summed E-state index contributed by atoms with van der Waals surface area (Å²) in [6.07, 6.45) is 2.45. The molecule has 0 aromatic carbocycles. The average Bonchev–Trinajstić information content (AvgIpc) is 3.01. The number of rotatable bonds is 6. The molecule has 5 nitrogen and oxygen atoms in total. The Morgan fingerprint density at radius 2 is 2.25 bits per heavy atom. The van der Waals surface area contributed by atoms with Gasteiger partial charge in [-0.15, -0.1) is 0 Å². The summed E-state index contributed by atoms with van der Waals surface area (Å²) in [6.45, 7) is 3.41. The number of hydrogen-bond acceptors (Lipinski definition) is 5. The summed E-state index contributed by atoms with van der Waals surface area (Å²) in [5.41, 5.74) is 0.970. The van der Waals surface area contributed by atoms with Gasteiger partial charge in [-0.3, -0.25) is 0 Å². The van der Waals surface area contributed by atoms with Crippen LogP contribution in [-0.2, 0) is 4.74 Å². The molecular weight excluding hydrogens is 204 g/mol. The van der Waals surface area contributed by atoms with Crippen LogP contribution in [0.4, 0.5) is 11.8 Å². The van der Waals surface area contributed by atoms with E-state index in [1.807, 2.05) is 13.0 Å². The van der Waals surface area contributed by atoms with Gasteiger partial charge in [0, 0.05) is 31.5 Å². The highest BCUT2D eigenvalue weighted by Gasteiger charge is 2.22. The number of nitrogens with zero attached hydrogens (tertiary/aromatic N) is 2. The maximum absolute atomic E-state index is 4.98. The Balaban J connectivity index is 1.96. The first-order chi connectivity index (χ1) is 7.78. The summed E-state index contributed by atoms with van der Waals surface area (Å²) in [5.74, 6) is 1.58. The van der Waals surface area contributed by atoms with Gasteiger partial charge in [0.25, 0.3) is 0 Å². The van der Waals surface area contributed by atoms with Gasteiger partial charge in [-0.1, -0.05) is 0 Å². The van der Waals surface area contributed by atoms with E-state index in [9.17, 15) is 0 Å². The number of anilines is 2. The minimum atomic E-state index is 0.577. The zero-order valence-electron chi connectivity index (χ0n) is 9.79. The fourth-order valence-electron chi connectivity index (χ4n) is 1.42. The average molecular weight is 222 g/mol. The highest BCUT2D eigenvalue weighted by molar-refractivity contribution is 5.43. The van der Waals surface area contributed by atoms with E-state index >= 15 is 0 Å². The molecule has 0 unspecified atom stereocenters. The van der Waals surface area contributed by atoms with Crippen molar-refractivity contribution in [1.29, 1.82) is 0 Å². The Kier molecular flexibility index (Phi) is 3.56. The van der Waals surface area contributed by atoms with Gasteiger partial charge >= 0.3 is 0 Å². The molecule has 1 aromatic heterocycles. The van der Waals surface area contributed by atoms with Crippen LogP contribution in [0.15, 0.2) is 6.07 Å². The number of aryl methyl sites for hydroxylation is 1. The molecule has 0 spiro atoms. The van der Waals surface area contributed by atoms with Gasteiger partial charge in [0.15, 0.2) is 0 Å². The van der Waals surface area contributed by atoms with Crippen LogP contribution in [0, 0.1) is 6.92 Å². The second kappa shape index (κ2) is 5.12. The zero-order valence-corrected chi connectivity index (χ0v) is 9.79. The Labute approximate surface area is 95.6 Å². The normalized spacial score (nSPS) is 14.9. The lowest BCUT2D eigenvalue weighted by atomic mass is 10.4. The molecule has 1 aliphatic rings. The van der Waals surface area contributed by atoms with E-state index < -0.39 is 0 Å². The zero-order chi connectivity index (χ0) is 11.4. The van der Waals surface area contributed by atoms with E-state index in [2.05, 4.69) is 20.6 Å². The van der Waals surface area contributed by atoms with Crippen LogP contribution in [0.25, 0.3) is 0 Å². The van der Waals surface area contributed by atoms with Crippen LogP contribution >= 0.6 is 0 Å². The van der Waals surface area contributed by atoms with Crippen molar-refractivity contribution in [2.75, 3.05) is 30.9 Å². The third-order valence-corrected chi connectivity index (χ3v) is 2.38. The van der Waals surface area contributed by atoms with Gasteiger partial charge < -0.3 is 15.4 Å². The molecule has 2 rings (SSSR count). The number of methoxy groups -OCH3 is 1. The second-order valence-electron chi connectivity index (χ2n) is 4.06. The molecule has 1 aliphatic carbocycles. The van der Waals surface area contributed by atoms with E-state index in [1.165, 1.54) is 12.8 Å². The number of nitrogens with one attached hydrogen (secondary N) is 2. The maximum atomic E-state index is 4.98. The lowest BCUT2D eigenvalue weighted by Crippen LogP contribution is -2.12. The third kappa shape index (κ3) is 3.34. The van der Waals surface area contributed by atoms with Crippen LogP contribution < -0.4 is 10.6 Å². The summed E-state index contributed by atoms with van der Waals surface area (Å²) in [4.78, 5) is 8.75. The molecular formula is C11H18N4O. The van der Waals surface area contributed by atoms with Gasteiger partial charge in [-0.2, -0.15) is 4.98 Å². The molecule has 1 heterocycles. The lowest BCUT2D eigenvalue weighted by molar-refractivity contribution is 0.210. The monoisotopic (exact) mass is 222 g/mol. The highest BCUT2D eigenvalue weighted by Crippen LogP contribution is 2.23. The summed E-state index contributed by atoms with van der Waals surface area (Å²) >= 11 is 0. The maximum Gasteiger partial charge on any atom is 0.225 e. The SMILES string of the molecule is COCCNc1cc(C)nc(NC2CC2)n1. The van der Waals surface area contributed by atoms with E-state index in [1.54, 1.807) is 7.11 Å². The van der Waals surface area contributed by atoms with Crippen LogP contribution in [-0.4, -0.2) is 36.3 Å². The molecule has 0 atom stereocenters. The Morgan fingerprint density at radius 3 is 2.94 bits per heavy atom. The Morgan fingerprint density at radius 1 is 1.44 bits per heavy atom. The molecule has 1 aromatic rings. The first-order valence-corrected chi connectivity index (χ1v) is 5.63. The third-order valence-electron chi connectivity index (χ3n) is 2.38. The summed E-state index contributed by atoms with van der Waals surface area (Å²) in [7, 11) is 1.69. The topological polar surface area (TPSA) is 59.1 Å². The molecule has 1 fully saturated rings. The fourth-order valence-corrected chi connectivity index (χ4v) is 1.42. The fraction of sp³-hybridized carbons (Fsp3) is 0.636. The number of ether oxygens (including phenoxy) is 1. The smallest absolute Gasteiger partial charge is 0.225 e. The quantitative estimate of drug-likeness (QED) is 0.713. The summed E-state index contributed by atoms with van der Waals surface area (Å²) < 4.78 is 4.98. The van der Waals surface area contributed by atoms with Crippen molar-refractivity contribution in [3.8, 4) is 0 Å². The van der Waals surface area contributed by atoms with Crippen molar-refractivity contribution in [3.05, 3.63) is 11.8 Å². The molecule has 0 radical (unpaired) electrons. The van der Waals surface area contributed by atoms with Crippen LogP contribution in [0.5, 0.6) is 0 Å². The second-order valence-corrected chi connectivity index (χ2v) is 4.06. The van der Waals surface area contributed by atoms with E-state index in [-0.39, 0.29) is 0 Å². The van der Waals surface area contributed by atoms with Crippen molar-refractivity contribution in [2.45, 2.75) is 25.8 Å². The molecule has 16 heavy (non-hydrogen) atoms. The predicted octanol–water partition coefficient (Wildman–Crippen LogP) is 1.42. The van der Waals surface area contributed by atoms with Gasteiger partial charge in [0.05, 0.1) is 6.61 Å². The Bertz CT molecular complexity index is 352. The molecule has 0 aliphatic heterocycles. The number of hydrogen-bond donors (Lipinski definition) is 2. The molecule has 0 amide bonds. The van der Waals surface area contributed by atoms with Crippen molar-refractivity contribution < 1.29 is 4.74 Å². The number of aromatic nitrogens is 2. The largest absolute Gasteiger partial charge is 0.383 e. The first kappa shape index (κ1) is 11.1. The van der Waals surface area contributed by atoms with Gasteiger partial charge in [0.2, 0.25) is 5.95 Å². The summed E-state index contributed by atoms with van der Waals surface area (Å²) in [5, 5.41) is 6.50. The highest BCUT2D eigenvalue weighted by atomic mass is 16.5. The van der Waals surface area contributed by atoms with E-state index in [0.717, 1.165) is 24.0 Å². The minimum Gasteiger partial charge on any atom is -0.383 e. The van der Waals surface area contributed by atoms with Crippen molar-refractivity contribution in [2.24, 2.45) is 0 Å². The Hall–Kier alpha value is -1.36. The van der Waals surface area contributed by atoms with Crippen molar-refractivity contribution in [1.82, 2.24) is 9.97 Å². The minimum absolute atomic E-state index is 0.577. The van der Waals surface area contributed by atoms with Gasteiger partial charge in [-0.25, -0.2) is 4.98 Å². The molecule has 0 saturated heterocycles.